The van der Waals surface area contributed by atoms with Crippen LogP contribution in [0.4, 0.5) is 0 Å². The van der Waals surface area contributed by atoms with Crippen molar-refractivity contribution in [2.75, 3.05) is 0 Å². The summed E-state index contributed by atoms with van der Waals surface area (Å²) < 4.78 is 11.7. The SMILES string of the molecule is Cc1cc2oc(=O)cc(COC(=O)Cc3ccc(Br)cc3)c2cc1C(C)C. The van der Waals surface area contributed by atoms with Gasteiger partial charge >= 0.3 is 11.6 Å². The van der Waals surface area contributed by atoms with E-state index in [4.69, 9.17) is 9.15 Å². The van der Waals surface area contributed by atoms with E-state index in [-0.39, 0.29) is 19.0 Å². The van der Waals surface area contributed by atoms with Crippen LogP contribution in [0.25, 0.3) is 11.0 Å². The Hall–Kier alpha value is -2.40. The monoisotopic (exact) mass is 428 g/mol. The maximum atomic E-state index is 12.2. The molecule has 27 heavy (non-hydrogen) atoms. The molecule has 0 unspecified atom stereocenters. The van der Waals surface area contributed by atoms with Crippen molar-refractivity contribution in [3.63, 3.8) is 0 Å². The Kier molecular flexibility index (Phi) is 5.80. The lowest BCUT2D eigenvalue weighted by molar-refractivity contribution is -0.144. The summed E-state index contributed by atoms with van der Waals surface area (Å²) in [7, 11) is 0. The number of carbonyl (C=O) groups is 1. The van der Waals surface area contributed by atoms with Gasteiger partial charge in [0.1, 0.15) is 12.2 Å². The summed E-state index contributed by atoms with van der Waals surface area (Å²) in [6.45, 7) is 6.27. The molecule has 0 saturated heterocycles. The number of hydrogen-bond acceptors (Lipinski definition) is 4. The lowest BCUT2D eigenvalue weighted by atomic mass is 9.95. The third kappa shape index (κ3) is 4.66. The molecule has 140 valence electrons. The molecule has 2 aromatic carbocycles. The first-order valence-electron chi connectivity index (χ1n) is 8.81. The highest BCUT2D eigenvalue weighted by atomic mass is 79.9. The molecule has 0 spiro atoms. The Bertz CT molecular complexity index is 1030. The zero-order valence-corrected chi connectivity index (χ0v) is 17.1. The first-order valence-corrected chi connectivity index (χ1v) is 9.60. The maximum Gasteiger partial charge on any atom is 0.336 e. The Morgan fingerprint density at radius 3 is 2.52 bits per heavy atom. The van der Waals surface area contributed by atoms with E-state index in [1.165, 1.54) is 11.6 Å². The number of rotatable bonds is 5. The van der Waals surface area contributed by atoms with Crippen LogP contribution in [-0.2, 0) is 22.6 Å². The first-order chi connectivity index (χ1) is 12.8. The molecule has 0 radical (unpaired) electrons. The van der Waals surface area contributed by atoms with E-state index in [1.54, 1.807) is 0 Å². The van der Waals surface area contributed by atoms with Crippen molar-refractivity contribution in [2.24, 2.45) is 0 Å². The quantitative estimate of drug-likeness (QED) is 0.410. The minimum Gasteiger partial charge on any atom is -0.461 e. The Balaban J connectivity index is 1.83. The zero-order chi connectivity index (χ0) is 19.6. The molecule has 1 aromatic heterocycles. The van der Waals surface area contributed by atoms with Gasteiger partial charge in [0, 0.05) is 21.5 Å². The second-order valence-electron chi connectivity index (χ2n) is 6.91. The summed E-state index contributed by atoms with van der Waals surface area (Å²) in [6.07, 6.45) is 0.184. The van der Waals surface area contributed by atoms with Crippen LogP contribution in [0.2, 0.25) is 0 Å². The van der Waals surface area contributed by atoms with Gasteiger partial charge in [-0.2, -0.15) is 0 Å². The maximum absolute atomic E-state index is 12.2. The molecule has 0 aliphatic rings. The molecule has 5 heteroatoms. The van der Waals surface area contributed by atoms with Gasteiger partial charge in [-0.25, -0.2) is 4.79 Å². The van der Waals surface area contributed by atoms with Crippen molar-refractivity contribution in [2.45, 2.75) is 39.7 Å². The fraction of sp³-hybridized carbons (Fsp3) is 0.273. The van der Waals surface area contributed by atoms with Gasteiger partial charge in [-0.05, 0) is 53.8 Å². The van der Waals surface area contributed by atoms with Crippen LogP contribution in [0.1, 0.15) is 42.0 Å². The molecular weight excluding hydrogens is 408 g/mol. The largest absolute Gasteiger partial charge is 0.461 e. The van der Waals surface area contributed by atoms with E-state index >= 15 is 0 Å². The number of benzene rings is 2. The van der Waals surface area contributed by atoms with E-state index in [1.807, 2.05) is 43.3 Å². The molecule has 4 nitrogen and oxygen atoms in total. The van der Waals surface area contributed by atoms with Gasteiger partial charge in [0.2, 0.25) is 0 Å². The summed E-state index contributed by atoms with van der Waals surface area (Å²) in [5, 5.41) is 0.806. The fourth-order valence-corrected chi connectivity index (χ4v) is 3.38. The number of aryl methyl sites for hydroxylation is 1. The van der Waals surface area contributed by atoms with Gasteiger partial charge < -0.3 is 9.15 Å². The molecule has 0 fully saturated rings. The predicted molar refractivity (Wildman–Crippen MR) is 109 cm³/mol. The van der Waals surface area contributed by atoms with Gasteiger partial charge in [0.25, 0.3) is 0 Å². The van der Waals surface area contributed by atoms with Gasteiger partial charge in [0.15, 0.2) is 0 Å². The molecule has 0 saturated carbocycles. The predicted octanol–water partition coefficient (Wildman–Crippen LogP) is 5.27. The number of halogens is 1. The van der Waals surface area contributed by atoms with Crippen LogP contribution in [0.3, 0.4) is 0 Å². The van der Waals surface area contributed by atoms with Crippen molar-refractivity contribution in [3.8, 4) is 0 Å². The summed E-state index contributed by atoms with van der Waals surface area (Å²) >= 11 is 3.37. The number of ether oxygens (including phenoxy) is 1. The van der Waals surface area contributed by atoms with Crippen LogP contribution in [0.15, 0.2) is 56.1 Å². The minimum absolute atomic E-state index is 0.0397. The van der Waals surface area contributed by atoms with Gasteiger partial charge in [-0.3, -0.25) is 4.79 Å². The zero-order valence-electron chi connectivity index (χ0n) is 15.5. The summed E-state index contributed by atoms with van der Waals surface area (Å²) in [6, 6.07) is 12.8. The minimum atomic E-state index is -0.446. The molecule has 1 heterocycles. The lowest BCUT2D eigenvalue weighted by Gasteiger charge is -2.13. The van der Waals surface area contributed by atoms with Crippen LogP contribution in [0, 0.1) is 6.92 Å². The van der Waals surface area contributed by atoms with E-state index in [0.29, 0.717) is 17.1 Å². The third-order valence-electron chi connectivity index (χ3n) is 4.49. The number of esters is 1. The van der Waals surface area contributed by atoms with Crippen LogP contribution < -0.4 is 5.63 Å². The van der Waals surface area contributed by atoms with E-state index in [2.05, 4.69) is 29.8 Å². The number of carbonyl (C=O) groups excluding carboxylic acids is 1. The van der Waals surface area contributed by atoms with Gasteiger partial charge in [-0.15, -0.1) is 0 Å². The van der Waals surface area contributed by atoms with E-state index in [9.17, 15) is 9.59 Å². The van der Waals surface area contributed by atoms with Crippen LogP contribution in [-0.4, -0.2) is 5.97 Å². The topological polar surface area (TPSA) is 56.5 Å². The molecule has 0 aliphatic heterocycles. The Morgan fingerprint density at radius 2 is 1.85 bits per heavy atom. The molecule has 3 aromatic rings. The highest BCUT2D eigenvalue weighted by Crippen LogP contribution is 2.27. The van der Waals surface area contributed by atoms with Crippen molar-refractivity contribution in [3.05, 3.63) is 79.6 Å². The number of fused-ring (bicyclic) bond motifs is 1. The van der Waals surface area contributed by atoms with Crippen LogP contribution >= 0.6 is 15.9 Å². The Labute approximate surface area is 166 Å². The van der Waals surface area contributed by atoms with Crippen molar-refractivity contribution in [1.29, 1.82) is 0 Å². The van der Waals surface area contributed by atoms with E-state index in [0.717, 1.165) is 21.0 Å². The fourth-order valence-electron chi connectivity index (χ4n) is 3.11. The second-order valence-corrected chi connectivity index (χ2v) is 7.83. The smallest absolute Gasteiger partial charge is 0.336 e. The molecule has 0 N–H and O–H groups in total. The molecule has 3 rings (SSSR count). The normalized spacial score (nSPS) is 11.1. The molecule has 0 atom stereocenters. The summed E-state index contributed by atoms with van der Waals surface area (Å²) in [5.74, 6) is 0.00374. The first kappa shape index (κ1) is 19.4. The summed E-state index contributed by atoms with van der Waals surface area (Å²) in [4.78, 5) is 24.1. The van der Waals surface area contributed by atoms with Crippen molar-refractivity contribution < 1.29 is 13.9 Å². The van der Waals surface area contributed by atoms with Crippen LogP contribution in [0.5, 0.6) is 0 Å². The molecule has 0 bridgehead atoms. The highest BCUT2D eigenvalue weighted by Gasteiger charge is 2.13. The summed E-state index contributed by atoms with van der Waals surface area (Å²) in [5.41, 5.74) is 3.86. The lowest BCUT2D eigenvalue weighted by Crippen LogP contribution is -2.10. The van der Waals surface area contributed by atoms with Gasteiger partial charge in [0.05, 0.1) is 6.42 Å². The second kappa shape index (κ2) is 8.09. The van der Waals surface area contributed by atoms with Crippen molar-refractivity contribution >= 4 is 32.9 Å². The van der Waals surface area contributed by atoms with Gasteiger partial charge in [-0.1, -0.05) is 41.9 Å². The average Bonchev–Trinajstić information content (AvgIpc) is 2.60. The Morgan fingerprint density at radius 1 is 1.15 bits per heavy atom. The molecule has 0 aliphatic carbocycles. The molecular formula is C22H21BrO4. The number of hydrogen-bond donors (Lipinski definition) is 0. The standard InChI is InChI=1S/C22H21BrO4/c1-13(2)18-11-19-16(10-22(25)27-20(19)8-14(18)3)12-26-21(24)9-15-4-6-17(23)7-5-15/h4-8,10-11,13H,9,12H2,1-3H3. The highest BCUT2D eigenvalue weighted by molar-refractivity contribution is 9.10. The average molecular weight is 429 g/mol. The van der Waals surface area contributed by atoms with Crippen molar-refractivity contribution in [1.82, 2.24) is 0 Å². The van der Waals surface area contributed by atoms with E-state index < -0.39 is 5.63 Å². The molecule has 0 amide bonds. The third-order valence-corrected chi connectivity index (χ3v) is 5.02.